The minimum atomic E-state index is -4.11. The smallest absolute Gasteiger partial charge is 0.407 e. The highest BCUT2D eigenvalue weighted by Crippen LogP contribution is 2.23. The van der Waals surface area contributed by atoms with Crippen LogP contribution in [0.5, 0.6) is 0 Å². The number of esters is 1. The number of sulfone groups is 1. The van der Waals surface area contributed by atoms with E-state index in [0.717, 1.165) is 24.0 Å². The number of nitrogens with zero attached hydrogens (tertiary/aromatic N) is 1. The number of Topliss-reactive ketones (excluding diaryl/α,β-unsaturated/α-hetero) is 1. The molecule has 15 heteroatoms. The normalized spacial score (nSPS) is 14.6. The molecule has 1 aromatic heterocycles. The Morgan fingerprint density at radius 2 is 1.45 bits per heavy atom. The van der Waals surface area contributed by atoms with Crippen LogP contribution in [0.4, 0.5) is 4.79 Å². The van der Waals surface area contributed by atoms with Crippen molar-refractivity contribution < 1.29 is 46.6 Å². The molecule has 324 valence electrons. The van der Waals surface area contributed by atoms with Gasteiger partial charge in [0.25, 0.3) is 0 Å². The maximum atomic E-state index is 14.2. The Labute approximate surface area is 345 Å². The zero-order valence-electron chi connectivity index (χ0n) is 36.0. The first-order valence-corrected chi connectivity index (χ1v) is 21.8. The van der Waals surface area contributed by atoms with E-state index in [1.165, 1.54) is 19.4 Å². The molecule has 0 spiro atoms. The first-order chi connectivity index (χ1) is 27.1. The molecule has 3 N–H and O–H groups in total. The summed E-state index contributed by atoms with van der Waals surface area (Å²) in [5, 5.41) is 7.96. The van der Waals surface area contributed by atoms with E-state index in [-0.39, 0.29) is 24.4 Å². The average Bonchev–Trinajstić information content (AvgIpc) is 3.14. The summed E-state index contributed by atoms with van der Waals surface area (Å²) in [6.45, 7) is 16.1. The third-order valence-electron chi connectivity index (χ3n) is 9.11. The van der Waals surface area contributed by atoms with Gasteiger partial charge < -0.3 is 30.2 Å². The number of carbonyl (C=O) groups excluding carboxylic acids is 5. The van der Waals surface area contributed by atoms with Gasteiger partial charge in [-0.05, 0) is 85.4 Å². The Bertz CT molecular complexity index is 1740. The number of carbonyl (C=O) groups is 5. The summed E-state index contributed by atoms with van der Waals surface area (Å²) < 4.78 is 43.9. The van der Waals surface area contributed by atoms with Gasteiger partial charge in [0, 0.05) is 30.6 Å². The van der Waals surface area contributed by atoms with Crippen molar-refractivity contribution in [2.45, 2.75) is 148 Å². The van der Waals surface area contributed by atoms with E-state index in [2.05, 4.69) is 20.9 Å². The van der Waals surface area contributed by atoms with Gasteiger partial charge in [0.15, 0.2) is 20.6 Å². The molecule has 5 atom stereocenters. The zero-order valence-corrected chi connectivity index (χ0v) is 36.8. The summed E-state index contributed by atoms with van der Waals surface area (Å²) in [6.07, 6.45) is 3.45. The highest BCUT2D eigenvalue weighted by atomic mass is 32.2. The summed E-state index contributed by atoms with van der Waals surface area (Å²) in [4.78, 5) is 70.3. The molecule has 0 saturated heterocycles. The number of amides is 3. The van der Waals surface area contributed by atoms with Gasteiger partial charge in [-0.15, -0.1) is 0 Å². The van der Waals surface area contributed by atoms with Crippen LogP contribution in [-0.4, -0.2) is 91.9 Å². The molecule has 0 aliphatic carbocycles. The van der Waals surface area contributed by atoms with Gasteiger partial charge in [0.2, 0.25) is 11.8 Å². The number of alkyl carbamates (subject to hydrolysis) is 1. The Morgan fingerprint density at radius 1 is 0.793 bits per heavy atom. The van der Waals surface area contributed by atoms with Crippen molar-refractivity contribution >= 4 is 39.5 Å². The highest BCUT2D eigenvalue weighted by molar-refractivity contribution is 7.91. The fourth-order valence-electron chi connectivity index (χ4n) is 6.21. The van der Waals surface area contributed by atoms with E-state index in [4.69, 9.17) is 14.2 Å². The van der Waals surface area contributed by atoms with E-state index in [0.29, 0.717) is 25.7 Å². The summed E-state index contributed by atoms with van der Waals surface area (Å²) in [5.41, 5.74) is 0.179. The van der Waals surface area contributed by atoms with Crippen LogP contribution in [0.15, 0.2) is 53.7 Å². The van der Waals surface area contributed by atoms with Crippen LogP contribution in [0, 0.1) is 11.8 Å². The lowest BCUT2D eigenvalue weighted by Crippen LogP contribution is -2.53. The van der Waals surface area contributed by atoms with Crippen molar-refractivity contribution in [2.75, 3.05) is 19.4 Å². The summed E-state index contributed by atoms with van der Waals surface area (Å²) in [5.74, 6) is -4.90. The minimum Gasteiger partial charge on any atom is -0.467 e. The number of ether oxygens (including phenoxy) is 3. The van der Waals surface area contributed by atoms with E-state index >= 15 is 0 Å². The van der Waals surface area contributed by atoms with Gasteiger partial charge in [-0.3, -0.25) is 14.4 Å². The lowest BCUT2D eigenvalue weighted by atomic mass is 9.94. The second-order valence-electron chi connectivity index (χ2n) is 16.7. The Balaban J connectivity index is 2.34. The molecular weight excluding hydrogens is 765 g/mol. The van der Waals surface area contributed by atoms with Crippen LogP contribution in [0.25, 0.3) is 11.1 Å². The number of hydrogen-bond donors (Lipinski definition) is 3. The fraction of sp³-hybridized carbons (Fsp3) is 0.628. The number of pyridine rings is 1. The topological polar surface area (TPSA) is 196 Å². The predicted octanol–water partition coefficient (Wildman–Crippen LogP) is 6.36. The van der Waals surface area contributed by atoms with Crippen molar-refractivity contribution in [3.8, 4) is 11.1 Å². The molecule has 2 aromatic rings. The second kappa shape index (κ2) is 23.3. The molecule has 1 heterocycles. The highest BCUT2D eigenvalue weighted by Gasteiger charge is 2.36. The van der Waals surface area contributed by atoms with Crippen molar-refractivity contribution in [1.82, 2.24) is 20.9 Å². The van der Waals surface area contributed by atoms with E-state index in [1.54, 1.807) is 61.5 Å². The third kappa shape index (κ3) is 18.0. The molecule has 0 unspecified atom stereocenters. The Kier molecular flexibility index (Phi) is 20.0. The average molecular weight is 831 g/mol. The molecule has 0 aliphatic heterocycles. The largest absolute Gasteiger partial charge is 0.467 e. The van der Waals surface area contributed by atoms with Gasteiger partial charge in [0.05, 0.1) is 30.5 Å². The molecule has 0 saturated carbocycles. The van der Waals surface area contributed by atoms with Gasteiger partial charge >= 0.3 is 12.1 Å². The van der Waals surface area contributed by atoms with E-state index < -0.39 is 86.5 Å². The molecule has 0 bridgehead atoms. The van der Waals surface area contributed by atoms with Crippen molar-refractivity contribution in [1.29, 1.82) is 0 Å². The Morgan fingerprint density at radius 3 is 2.02 bits per heavy atom. The zero-order chi connectivity index (χ0) is 43.7. The van der Waals surface area contributed by atoms with Gasteiger partial charge in [-0.2, -0.15) is 0 Å². The maximum absolute atomic E-state index is 14.2. The first-order valence-electron chi connectivity index (χ1n) is 20.2. The SMILES string of the molecule is CCCCC[C@H](NC(=O)[C@H](C)CC(=O)[C@@H](NC(=O)[C@H](CCCCNC(=O)OC(C)(C)C)CS(=O)(=O)c1ccc(-c2ccccc2)cn1)[C@@H](C)OC(C)(C)C)C(=O)OC. The Hall–Kier alpha value is -4.37. The molecule has 58 heavy (non-hydrogen) atoms. The van der Waals surface area contributed by atoms with Gasteiger partial charge in [0.1, 0.15) is 17.7 Å². The number of hydrogen-bond acceptors (Lipinski definition) is 11. The van der Waals surface area contributed by atoms with Gasteiger partial charge in [-0.25, -0.2) is 23.0 Å². The van der Waals surface area contributed by atoms with Crippen LogP contribution in [0.2, 0.25) is 0 Å². The quantitative estimate of drug-likeness (QED) is 0.0834. The molecule has 2 rings (SSSR count). The van der Waals surface area contributed by atoms with Crippen molar-refractivity contribution in [2.24, 2.45) is 11.8 Å². The third-order valence-corrected chi connectivity index (χ3v) is 10.8. The number of nitrogens with one attached hydrogen (secondary N) is 3. The number of benzene rings is 1. The van der Waals surface area contributed by atoms with Gasteiger partial charge in [-0.1, -0.05) is 69.9 Å². The fourth-order valence-corrected chi connectivity index (χ4v) is 7.72. The molecule has 0 fully saturated rings. The van der Waals surface area contributed by atoms with E-state index in [1.807, 2.05) is 37.3 Å². The molecule has 0 aliphatic rings. The number of aromatic nitrogens is 1. The van der Waals surface area contributed by atoms with Crippen LogP contribution in [0.1, 0.15) is 114 Å². The molecule has 3 amide bonds. The molecule has 1 aromatic carbocycles. The van der Waals surface area contributed by atoms with E-state index in [9.17, 15) is 32.4 Å². The maximum Gasteiger partial charge on any atom is 0.407 e. The molecule has 14 nitrogen and oxygen atoms in total. The summed E-state index contributed by atoms with van der Waals surface area (Å²) >= 11 is 0. The molecule has 0 radical (unpaired) electrons. The second-order valence-corrected chi connectivity index (χ2v) is 18.7. The van der Waals surface area contributed by atoms with Crippen molar-refractivity contribution in [3.05, 3.63) is 48.7 Å². The number of methoxy groups -OCH3 is 1. The van der Waals surface area contributed by atoms with Crippen LogP contribution >= 0.6 is 0 Å². The lowest BCUT2D eigenvalue weighted by Gasteiger charge is -2.32. The van der Waals surface area contributed by atoms with Crippen LogP contribution in [-0.2, 0) is 43.2 Å². The number of unbranched alkanes of at least 4 members (excludes halogenated alkanes) is 3. The van der Waals surface area contributed by atoms with Crippen LogP contribution < -0.4 is 16.0 Å². The number of rotatable bonds is 23. The van der Waals surface area contributed by atoms with Crippen molar-refractivity contribution in [3.63, 3.8) is 0 Å². The predicted molar refractivity (Wildman–Crippen MR) is 222 cm³/mol. The summed E-state index contributed by atoms with van der Waals surface area (Å²) in [7, 11) is -2.87. The molecular formula is C43H66N4O10S. The first kappa shape index (κ1) is 49.8. The number of ketones is 1. The lowest BCUT2D eigenvalue weighted by molar-refractivity contribution is -0.146. The standard InChI is InChI=1S/C43H66N4O10S/c1-11-12-14-22-34(40(51)55-10)46-38(49)29(2)26-35(48)37(30(3)56-42(4,5)6)47-39(50)33(21-17-18-25-44-41(52)57-43(7,8)9)28-58(53,54)36-24-23-32(27-45-36)31-19-15-13-16-20-31/h13,15-16,19-20,23-24,27,29-30,33-34,37H,11-12,14,17-18,21-22,25-26,28H2,1-10H3,(H,44,52)(H,46,49)(H,47,50)/t29-,30-,33-,34+,37+/m1/s1. The monoisotopic (exact) mass is 830 g/mol. The van der Waals surface area contributed by atoms with Crippen LogP contribution in [0.3, 0.4) is 0 Å². The minimum absolute atomic E-state index is 0.102. The summed E-state index contributed by atoms with van der Waals surface area (Å²) in [6, 6.07) is 10.3.